The van der Waals surface area contributed by atoms with Crippen LogP contribution in [0, 0.1) is 0 Å². The van der Waals surface area contributed by atoms with Crippen LogP contribution in [0.25, 0.3) is 10.9 Å². The Morgan fingerprint density at radius 2 is 1.41 bits per heavy atom. The molecule has 2 atom stereocenters. The number of hydrogen-bond donors (Lipinski definition) is 3. The first-order chi connectivity index (χ1) is 17.9. The Bertz CT molecular complexity index is 1410. The van der Waals surface area contributed by atoms with E-state index in [9.17, 15) is 24.3 Å². The molecule has 0 aliphatic heterocycles. The summed E-state index contributed by atoms with van der Waals surface area (Å²) >= 11 is 1.70. The van der Waals surface area contributed by atoms with Crippen molar-refractivity contribution in [3.05, 3.63) is 108 Å². The average molecular weight is 533 g/mol. The number of aliphatic carboxylic acids is 1. The van der Waals surface area contributed by atoms with E-state index in [0.29, 0.717) is 11.1 Å². The fraction of sp³-hybridized carbons (Fsp3) is 0.143. The number of aromatic nitrogens is 1. The second-order valence-corrected chi connectivity index (χ2v) is 10.4. The number of thioether (sulfide) groups is 2. The number of hydrogen-bond acceptors (Lipinski definition) is 6. The molecule has 0 radical (unpaired) electrons. The van der Waals surface area contributed by atoms with E-state index in [2.05, 4.69) is 10.3 Å². The molecule has 3 aromatic carbocycles. The van der Waals surface area contributed by atoms with Crippen molar-refractivity contribution in [2.75, 3.05) is 5.75 Å². The predicted molar refractivity (Wildman–Crippen MR) is 147 cm³/mol. The molecule has 0 aliphatic rings. The number of carboxylic acid groups (broad SMARTS) is 1. The molecule has 0 bridgehead atoms. The van der Waals surface area contributed by atoms with Crippen molar-refractivity contribution in [3.63, 3.8) is 0 Å². The molecule has 1 aromatic heterocycles. The smallest absolute Gasteiger partial charge is 0.326 e. The Kier molecular flexibility index (Phi) is 8.81. The lowest BCUT2D eigenvalue weighted by molar-refractivity contribution is -0.141. The summed E-state index contributed by atoms with van der Waals surface area (Å²) in [7, 11) is 0. The maximum absolute atomic E-state index is 13.3. The quantitative estimate of drug-likeness (QED) is 0.269. The first-order valence-corrected chi connectivity index (χ1v) is 13.4. The molecule has 0 spiro atoms. The van der Waals surface area contributed by atoms with E-state index >= 15 is 0 Å². The number of para-hydroxylation sites is 1. The first kappa shape index (κ1) is 26.2. The van der Waals surface area contributed by atoms with Crippen molar-refractivity contribution < 1.29 is 24.3 Å². The fourth-order valence-electron chi connectivity index (χ4n) is 3.73. The van der Waals surface area contributed by atoms with Gasteiger partial charge in [0.2, 0.25) is 16.1 Å². The molecule has 37 heavy (non-hydrogen) atoms. The van der Waals surface area contributed by atoms with Gasteiger partial charge < -0.3 is 15.4 Å². The number of H-pyrrole nitrogens is 1. The molecule has 0 aliphatic carbocycles. The number of benzene rings is 3. The summed E-state index contributed by atoms with van der Waals surface area (Å²) < 4.78 is 0. The molecular weight excluding hydrogens is 508 g/mol. The third-order valence-electron chi connectivity index (χ3n) is 5.64. The maximum atomic E-state index is 13.3. The van der Waals surface area contributed by atoms with Gasteiger partial charge in [-0.05, 0) is 11.6 Å². The van der Waals surface area contributed by atoms with E-state index in [0.717, 1.165) is 40.0 Å². The van der Waals surface area contributed by atoms with Crippen LogP contribution in [0.3, 0.4) is 0 Å². The lowest BCUT2D eigenvalue weighted by Gasteiger charge is -2.19. The normalized spacial score (nSPS) is 12.5. The monoisotopic (exact) mass is 532 g/mol. The van der Waals surface area contributed by atoms with Crippen LogP contribution >= 0.6 is 23.5 Å². The van der Waals surface area contributed by atoms with Crippen LogP contribution in [-0.4, -0.2) is 49.2 Å². The van der Waals surface area contributed by atoms with Crippen molar-refractivity contribution in [2.45, 2.75) is 17.7 Å². The Morgan fingerprint density at radius 3 is 2.05 bits per heavy atom. The SMILES string of the molecule is O=C(SCC(SC(=O)c1ccccc1)C(=O)N[C@H](Cc1c[nH]c2ccccc12)C(=O)O)c1ccccc1. The Morgan fingerprint density at radius 1 is 0.811 bits per heavy atom. The average Bonchev–Trinajstić information content (AvgIpc) is 3.34. The Hall–Kier alpha value is -3.82. The van der Waals surface area contributed by atoms with Crippen LogP contribution in [0.15, 0.2) is 91.1 Å². The Labute approximate surface area is 222 Å². The van der Waals surface area contributed by atoms with Crippen LogP contribution in [0.1, 0.15) is 26.3 Å². The number of carboxylic acids is 1. The summed E-state index contributed by atoms with van der Waals surface area (Å²) in [4.78, 5) is 53.9. The maximum Gasteiger partial charge on any atom is 0.326 e. The van der Waals surface area contributed by atoms with Gasteiger partial charge in [-0.3, -0.25) is 14.4 Å². The van der Waals surface area contributed by atoms with Gasteiger partial charge in [-0.2, -0.15) is 0 Å². The minimum atomic E-state index is -1.21. The molecule has 0 saturated carbocycles. The minimum Gasteiger partial charge on any atom is -0.480 e. The lowest BCUT2D eigenvalue weighted by Crippen LogP contribution is -2.46. The second-order valence-electron chi connectivity index (χ2n) is 8.19. The van der Waals surface area contributed by atoms with Crippen LogP contribution in [0.5, 0.6) is 0 Å². The molecule has 9 heteroatoms. The van der Waals surface area contributed by atoms with Crippen molar-refractivity contribution in [3.8, 4) is 0 Å². The summed E-state index contributed by atoms with van der Waals surface area (Å²) in [6.45, 7) is 0. The lowest BCUT2D eigenvalue weighted by atomic mass is 10.0. The number of nitrogens with one attached hydrogen (secondary N) is 2. The number of carbonyl (C=O) groups excluding carboxylic acids is 3. The molecular formula is C28H24N2O5S2. The van der Waals surface area contributed by atoms with Gasteiger partial charge in [0.05, 0.1) is 0 Å². The first-order valence-electron chi connectivity index (χ1n) is 11.5. The molecule has 1 unspecified atom stereocenters. The largest absolute Gasteiger partial charge is 0.480 e. The van der Waals surface area contributed by atoms with Gasteiger partial charge in [0.15, 0.2) is 0 Å². The molecule has 4 aromatic rings. The van der Waals surface area contributed by atoms with Gasteiger partial charge in [-0.1, -0.05) is 102 Å². The summed E-state index contributed by atoms with van der Waals surface area (Å²) in [5.41, 5.74) is 2.51. The molecule has 4 rings (SSSR count). The molecule has 188 valence electrons. The van der Waals surface area contributed by atoms with E-state index in [1.807, 2.05) is 24.3 Å². The molecule has 1 amide bonds. The van der Waals surface area contributed by atoms with Gasteiger partial charge in [0.25, 0.3) is 0 Å². The molecule has 1 heterocycles. The van der Waals surface area contributed by atoms with Gasteiger partial charge in [0, 0.05) is 40.4 Å². The van der Waals surface area contributed by atoms with Gasteiger partial charge in [0.1, 0.15) is 11.3 Å². The Balaban J connectivity index is 1.50. The van der Waals surface area contributed by atoms with Gasteiger partial charge >= 0.3 is 5.97 Å². The van der Waals surface area contributed by atoms with Crippen LogP contribution in [0.2, 0.25) is 0 Å². The number of rotatable bonds is 10. The van der Waals surface area contributed by atoms with E-state index < -0.39 is 23.2 Å². The van der Waals surface area contributed by atoms with Crippen LogP contribution < -0.4 is 5.32 Å². The summed E-state index contributed by atoms with van der Waals surface area (Å²) in [6, 6.07) is 23.4. The predicted octanol–water partition coefficient (Wildman–Crippen LogP) is 4.80. The van der Waals surface area contributed by atoms with E-state index in [1.165, 1.54) is 0 Å². The zero-order chi connectivity index (χ0) is 26.2. The number of amides is 1. The minimum absolute atomic E-state index is 0.00221. The van der Waals surface area contributed by atoms with Crippen molar-refractivity contribution in [2.24, 2.45) is 0 Å². The zero-order valence-corrected chi connectivity index (χ0v) is 21.3. The summed E-state index contributed by atoms with van der Waals surface area (Å²) in [6.07, 6.45) is 1.79. The van der Waals surface area contributed by atoms with Crippen molar-refractivity contribution in [1.29, 1.82) is 0 Å². The highest BCUT2D eigenvalue weighted by Gasteiger charge is 2.29. The summed E-state index contributed by atoms with van der Waals surface area (Å²) in [5, 5.41) is 11.8. The van der Waals surface area contributed by atoms with E-state index in [4.69, 9.17) is 0 Å². The highest BCUT2D eigenvalue weighted by atomic mass is 32.2. The third kappa shape index (κ3) is 6.90. The van der Waals surface area contributed by atoms with Gasteiger partial charge in [-0.25, -0.2) is 4.79 Å². The summed E-state index contributed by atoms with van der Waals surface area (Å²) in [5.74, 6) is -1.80. The zero-order valence-electron chi connectivity index (χ0n) is 19.6. The fourth-order valence-corrected chi connectivity index (χ4v) is 5.67. The van der Waals surface area contributed by atoms with E-state index in [-0.39, 0.29) is 22.4 Å². The van der Waals surface area contributed by atoms with Crippen molar-refractivity contribution >= 4 is 56.5 Å². The molecule has 0 fully saturated rings. The number of fused-ring (bicyclic) bond motifs is 1. The molecule has 3 N–H and O–H groups in total. The van der Waals surface area contributed by atoms with E-state index in [1.54, 1.807) is 66.9 Å². The standard InChI is InChI=1S/C28H24N2O5S2/c31-25(30-23(26(32)33)15-20-16-29-22-14-8-7-13-21(20)22)24(37-28(35)19-11-5-2-6-12-19)17-36-27(34)18-9-3-1-4-10-18/h1-14,16,23-24,29H,15,17H2,(H,30,31)(H,32,33)/t23-,24?/m1/s1. The molecule has 0 saturated heterocycles. The third-order valence-corrected chi connectivity index (χ3v) is 7.96. The highest BCUT2D eigenvalue weighted by Crippen LogP contribution is 2.25. The number of aromatic amines is 1. The van der Waals surface area contributed by atoms with Crippen LogP contribution in [0.4, 0.5) is 0 Å². The van der Waals surface area contributed by atoms with Crippen molar-refractivity contribution in [1.82, 2.24) is 10.3 Å². The topological polar surface area (TPSA) is 116 Å². The van der Waals surface area contributed by atoms with Crippen LogP contribution in [-0.2, 0) is 16.0 Å². The number of carbonyl (C=O) groups is 4. The second kappa shape index (κ2) is 12.4. The molecule has 7 nitrogen and oxygen atoms in total. The highest BCUT2D eigenvalue weighted by molar-refractivity contribution is 8.18. The van der Waals surface area contributed by atoms with Gasteiger partial charge in [-0.15, -0.1) is 0 Å².